The number of imidazole rings is 1. The Balaban J connectivity index is 3.31. The average molecular weight is 170 g/mol. The third-order valence-corrected chi connectivity index (χ3v) is 1.72. The summed E-state index contributed by atoms with van der Waals surface area (Å²) in [6, 6.07) is 0. The fraction of sp³-hybridized carbons (Fsp3) is 0.429. The highest BCUT2D eigenvalue weighted by Crippen LogP contribution is 2.10. The Labute approximate surface area is 70.0 Å². The van der Waals surface area contributed by atoms with Crippen LogP contribution in [-0.4, -0.2) is 15.6 Å². The molecule has 3 N–H and O–H groups in total. The molecular formula is C7H12N3O2+. The minimum atomic E-state index is -0.616. The van der Waals surface area contributed by atoms with Gasteiger partial charge in [0.05, 0.1) is 13.6 Å². The normalized spacial score (nSPS) is 10.2. The van der Waals surface area contributed by atoms with Gasteiger partial charge in [-0.25, -0.2) is 9.13 Å². The summed E-state index contributed by atoms with van der Waals surface area (Å²) in [5, 5.41) is 9.36. The first kappa shape index (κ1) is 8.58. The maximum absolute atomic E-state index is 10.8. The molecule has 0 unspecified atom stereocenters. The van der Waals surface area contributed by atoms with Crippen molar-refractivity contribution in [1.82, 2.24) is 4.57 Å². The Morgan fingerprint density at radius 1 is 1.83 bits per heavy atom. The maximum Gasteiger partial charge on any atom is 0.335 e. The number of carbonyl (C=O) groups is 1. The Kier molecular flexibility index (Phi) is 2.03. The molecule has 0 saturated carbocycles. The second-order valence-corrected chi connectivity index (χ2v) is 2.55. The third kappa shape index (κ3) is 1.13. The third-order valence-electron chi connectivity index (χ3n) is 1.72. The molecule has 5 nitrogen and oxygen atoms in total. The van der Waals surface area contributed by atoms with E-state index in [9.17, 15) is 9.90 Å². The molecule has 0 saturated heterocycles. The lowest BCUT2D eigenvalue weighted by atomic mass is 10.4. The van der Waals surface area contributed by atoms with Gasteiger partial charge in [-0.05, 0) is 6.92 Å². The Hall–Kier alpha value is -1.52. The van der Waals surface area contributed by atoms with E-state index in [0.717, 1.165) is 0 Å². The van der Waals surface area contributed by atoms with E-state index in [2.05, 4.69) is 0 Å². The van der Waals surface area contributed by atoms with Crippen molar-refractivity contribution in [3.05, 3.63) is 12.0 Å². The fourth-order valence-electron chi connectivity index (χ4n) is 1.11. The molecular weight excluding hydrogens is 158 g/mol. The number of primary amides is 1. The van der Waals surface area contributed by atoms with Crippen LogP contribution in [-0.2, 0) is 13.6 Å². The first-order valence-corrected chi connectivity index (χ1v) is 3.65. The van der Waals surface area contributed by atoms with Crippen molar-refractivity contribution < 1.29 is 14.5 Å². The fourth-order valence-corrected chi connectivity index (χ4v) is 1.11. The van der Waals surface area contributed by atoms with Crippen LogP contribution < -0.4 is 10.3 Å². The second kappa shape index (κ2) is 2.84. The molecule has 0 radical (unpaired) electrons. The molecule has 1 aromatic rings. The van der Waals surface area contributed by atoms with Crippen LogP contribution in [0.1, 0.15) is 17.4 Å². The van der Waals surface area contributed by atoms with Gasteiger partial charge in [0, 0.05) is 0 Å². The topological polar surface area (TPSA) is 72.1 Å². The van der Waals surface area contributed by atoms with E-state index in [-0.39, 0.29) is 11.6 Å². The average Bonchev–Trinajstić information content (AvgIpc) is 2.28. The molecule has 0 bridgehead atoms. The van der Waals surface area contributed by atoms with Crippen molar-refractivity contribution in [2.45, 2.75) is 13.5 Å². The second-order valence-electron chi connectivity index (χ2n) is 2.55. The summed E-state index contributed by atoms with van der Waals surface area (Å²) in [5.74, 6) is -0.709. The molecule has 0 fully saturated rings. The number of hydrogen-bond donors (Lipinski definition) is 2. The predicted molar refractivity (Wildman–Crippen MR) is 41.5 cm³/mol. The van der Waals surface area contributed by atoms with Crippen molar-refractivity contribution in [3.63, 3.8) is 0 Å². The van der Waals surface area contributed by atoms with Gasteiger partial charge in [0.25, 0.3) is 11.6 Å². The molecule has 0 atom stereocenters. The molecule has 0 aliphatic carbocycles. The van der Waals surface area contributed by atoms with Gasteiger partial charge in [-0.1, -0.05) is 0 Å². The molecule has 0 aliphatic rings. The van der Waals surface area contributed by atoms with E-state index >= 15 is 0 Å². The van der Waals surface area contributed by atoms with Gasteiger partial charge < -0.3 is 10.8 Å². The number of aryl methyl sites for hydroxylation is 2. The standard InChI is InChI=1S/C7H11N3O2/c1-3-10-4-9(2)7(12)5(10)6(8)11/h4H,3H2,1-2H3,(H2-,8,11,12)/p+1. The van der Waals surface area contributed by atoms with E-state index in [0.29, 0.717) is 6.54 Å². The Morgan fingerprint density at radius 2 is 2.42 bits per heavy atom. The van der Waals surface area contributed by atoms with Crippen LogP contribution >= 0.6 is 0 Å². The largest absolute Gasteiger partial charge is 0.475 e. The van der Waals surface area contributed by atoms with Gasteiger partial charge in [-0.15, -0.1) is 0 Å². The molecule has 1 heterocycles. The number of aromatic nitrogens is 2. The van der Waals surface area contributed by atoms with E-state index in [1.807, 2.05) is 6.92 Å². The highest BCUT2D eigenvalue weighted by molar-refractivity contribution is 5.92. The molecule has 0 aliphatic heterocycles. The SMILES string of the molecule is CCn1c[n+](C)c(O)c1C(N)=O. The Bertz CT molecular complexity index is 317. The molecule has 1 amide bonds. The summed E-state index contributed by atoms with van der Waals surface area (Å²) in [4.78, 5) is 10.8. The van der Waals surface area contributed by atoms with Gasteiger partial charge in [0.1, 0.15) is 0 Å². The zero-order valence-corrected chi connectivity index (χ0v) is 7.11. The van der Waals surface area contributed by atoms with Crippen LogP contribution in [0.4, 0.5) is 0 Å². The van der Waals surface area contributed by atoms with Gasteiger partial charge in [0.15, 0.2) is 0 Å². The van der Waals surface area contributed by atoms with Crippen LogP contribution in [0, 0.1) is 0 Å². The van der Waals surface area contributed by atoms with Crippen molar-refractivity contribution in [2.24, 2.45) is 12.8 Å². The summed E-state index contributed by atoms with van der Waals surface area (Å²) in [6.07, 6.45) is 1.62. The molecule has 12 heavy (non-hydrogen) atoms. The number of hydrogen-bond acceptors (Lipinski definition) is 2. The van der Waals surface area contributed by atoms with Crippen LogP contribution in [0.25, 0.3) is 0 Å². The zero-order valence-electron chi connectivity index (χ0n) is 7.11. The quantitative estimate of drug-likeness (QED) is 0.567. The van der Waals surface area contributed by atoms with Gasteiger partial charge >= 0.3 is 5.88 Å². The molecule has 66 valence electrons. The van der Waals surface area contributed by atoms with Crippen molar-refractivity contribution in [1.29, 1.82) is 0 Å². The highest BCUT2D eigenvalue weighted by Gasteiger charge is 2.24. The molecule has 1 aromatic heterocycles. The predicted octanol–water partition coefficient (Wildman–Crippen LogP) is -0.863. The lowest BCUT2D eigenvalue weighted by molar-refractivity contribution is -0.677. The maximum atomic E-state index is 10.8. The van der Waals surface area contributed by atoms with E-state index < -0.39 is 5.91 Å². The van der Waals surface area contributed by atoms with Crippen molar-refractivity contribution >= 4 is 5.91 Å². The summed E-state index contributed by atoms with van der Waals surface area (Å²) in [5.41, 5.74) is 5.22. The van der Waals surface area contributed by atoms with Crippen LogP contribution in [0.2, 0.25) is 0 Å². The summed E-state index contributed by atoms with van der Waals surface area (Å²) >= 11 is 0. The van der Waals surface area contributed by atoms with Crippen LogP contribution in [0.5, 0.6) is 5.88 Å². The van der Waals surface area contributed by atoms with Crippen molar-refractivity contribution in [2.75, 3.05) is 0 Å². The number of carbonyl (C=O) groups excluding carboxylic acids is 1. The molecule has 0 spiro atoms. The monoisotopic (exact) mass is 170 g/mol. The number of nitrogens with zero attached hydrogens (tertiary/aromatic N) is 2. The lowest BCUT2D eigenvalue weighted by Gasteiger charge is -1.91. The van der Waals surface area contributed by atoms with Gasteiger partial charge in [-0.3, -0.25) is 4.79 Å². The highest BCUT2D eigenvalue weighted by atomic mass is 16.3. The number of nitrogens with two attached hydrogens (primary N) is 1. The summed E-state index contributed by atoms with van der Waals surface area (Å²) in [7, 11) is 1.65. The molecule has 5 heteroatoms. The Morgan fingerprint density at radius 3 is 2.75 bits per heavy atom. The summed E-state index contributed by atoms with van der Waals surface area (Å²) in [6.45, 7) is 2.47. The number of aromatic hydroxyl groups is 1. The first-order valence-electron chi connectivity index (χ1n) is 3.65. The molecule has 0 aromatic carbocycles. The smallest absolute Gasteiger partial charge is 0.335 e. The van der Waals surface area contributed by atoms with E-state index in [1.165, 1.54) is 4.57 Å². The minimum absolute atomic E-state index is 0.0932. The molecule has 1 rings (SSSR count). The van der Waals surface area contributed by atoms with Gasteiger partial charge in [0.2, 0.25) is 6.33 Å². The van der Waals surface area contributed by atoms with Crippen LogP contribution in [0.3, 0.4) is 0 Å². The van der Waals surface area contributed by atoms with E-state index in [1.54, 1.807) is 17.9 Å². The zero-order chi connectivity index (χ0) is 9.30. The minimum Gasteiger partial charge on any atom is -0.475 e. The van der Waals surface area contributed by atoms with E-state index in [4.69, 9.17) is 5.73 Å². The van der Waals surface area contributed by atoms with Crippen molar-refractivity contribution in [3.8, 4) is 5.88 Å². The number of amides is 1. The van der Waals surface area contributed by atoms with Crippen LogP contribution in [0.15, 0.2) is 6.33 Å². The summed E-state index contributed by atoms with van der Waals surface area (Å²) < 4.78 is 3.04. The first-order chi connectivity index (χ1) is 5.57. The number of rotatable bonds is 2. The lowest BCUT2D eigenvalue weighted by Crippen LogP contribution is -2.25. The van der Waals surface area contributed by atoms with Gasteiger partial charge in [-0.2, -0.15) is 0 Å².